The molecule has 2 heteroatoms. The molecule has 1 rings (SSSR count). The summed E-state index contributed by atoms with van der Waals surface area (Å²) in [6.45, 7) is 11.9. The lowest BCUT2D eigenvalue weighted by atomic mass is 9.78. The van der Waals surface area contributed by atoms with Crippen molar-refractivity contribution in [3.8, 4) is 0 Å². The highest BCUT2D eigenvalue weighted by molar-refractivity contribution is 5.78. The average molecular weight is 253 g/mol. The molecule has 18 heavy (non-hydrogen) atoms. The number of carbonyl (C=O) groups is 1. The average Bonchev–Trinajstić information content (AvgIpc) is 2.25. The smallest absolute Gasteiger partial charge is 0.223 e. The largest absolute Gasteiger partial charge is 0.355 e. The van der Waals surface area contributed by atoms with Crippen molar-refractivity contribution in [2.45, 2.75) is 66.7 Å². The lowest BCUT2D eigenvalue weighted by molar-refractivity contribution is -0.126. The standard InChI is InChI=1S/C16H31NO/c1-12(2)10-13-6-8-14(9-7-13)15(18)17-11-16(3,4)5/h12-14H,6-11H2,1-5H3,(H,17,18). The Balaban J connectivity index is 2.27. The van der Waals surface area contributed by atoms with Crippen molar-refractivity contribution in [1.82, 2.24) is 5.32 Å². The third-order valence-electron chi connectivity index (χ3n) is 3.82. The zero-order valence-electron chi connectivity index (χ0n) is 12.9. The van der Waals surface area contributed by atoms with Gasteiger partial charge in [-0.3, -0.25) is 4.79 Å². The van der Waals surface area contributed by atoms with E-state index < -0.39 is 0 Å². The van der Waals surface area contributed by atoms with Gasteiger partial charge in [-0.05, 0) is 49.4 Å². The van der Waals surface area contributed by atoms with Crippen LogP contribution in [0.5, 0.6) is 0 Å². The number of carbonyl (C=O) groups excluding carboxylic acids is 1. The van der Waals surface area contributed by atoms with Crippen molar-refractivity contribution in [2.24, 2.45) is 23.2 Å². The van der Waals surface area contributed by atoms with Gasteiger partial charge in [-0.25, -0.2) is 0 Å². The summed E-state index contributed by atoms with van der Waals surface area (Å²) < 4.78 is 0. The van der Waals surface area contributed by atoms with Gasteiger partial charge >= 0.3 is 0 Å². The van der Waals surface area contributed by atoms with Crippen molar-refractivity contribution < 1.29 is 4.79 Å². The summed E-state index contributed by atoms with van der Waals surface area (Å²) in [6, 6.07) is 0. The first-order chi connectivity index (χ1) is 8.28. The molecule has 1 saturated carbocycles. The zero-order valence-corrected chi connectivity index (χ0v) is 12.9. The molecule has 1 fully saturated rings. The SMILES string of the molecule is CC(C)CC1CCC(C(=O)NCC(C)(C)C)CC1. The van der Waals surface area contributed by atoms with E-state index in [-0.39, 0.29) is 17.2 Å². The van der Waals surface area contributed by atoms with Crippen molar-refractivity contribution in [2.75, 3.05) is 6.54 Å². The summed E-state index contributed by atoms with van der Waals surface area (Å²) in [5.74, 6) is 2.21. The summed E-state index contributed by atoms with van der Waals surface area (Å²) in [6.07, 6.45) is 5.99. The van der Waals surface area contributed by atoms with Gasteiger partial charge < -0.3 is 5.32 Å². The first-order valence-electron chi connectivity index (χ1n) is 7.55. The van der Waals surface area contributed by atoms with E-state index in [9.17, 15) is 4.79 Å². The van der Waals surface area contributed by atoms with Gasteiger partial charge in [0.15, 0.2) is 0 Å². The quantitative estimate of drug-likeness (QED) is 0.806. The predicted octanol–water partition coefficient (Wildman–Crippen LogP) is 4.00. The molecule has 0 radical (unpaired) electrons. The molecule has 0 atom stereocenters. The van der Waals surface area contributed by atoms with Gasteiger partial charge in [-0.15, -0.1) is 0 Å². The molecule has 1 N–H and O–H groups in total. The number of amides is 1. The summed E-state index contributed by atoms with van der Waals surface area (Å²) in [5, 5.41) is 3.11. The maximum absolute atomic E-state index is 12.1. The summed E-state index contributed by atoms with van der Waals surface area (Å²) in [4.78, 5) is 12.1. The van der Waals surface area contributed by atoms with E-state index >= 15 is 0 Å². The Bertz CT molecular complexity index is 257. The molecule has 1 aliphatic carbocycles. The number of hydrogen-bond donors (Lipinski definition) is 1. The van der Waals surface area contributed by atoms with E-state index in [1.54, 1.807) is 0 Å². The molecular formula is C16H31NO. The van der Waals surface area contributed by atoms with Crippen LogP contribution in [-0.4, -0.2) is 12.5 Å². The molecule has 2 nitrogen and oxygen atoms in total. The van der Waals surface area contributed by atoms with Crippen molar-refractivity contribution >= 4 is 5.91 Å². The van der Waals surface area contributed by atoms with Gasteiger partial charge in [-0.2, -0.15) is 0 Å². The van der Waals surface area contributed by atoms with Crippen molar-refractivity contribution in [3.05, 3.63) is 0 Å². The normalized spacial score (nSPS) is 25.2. The Labute approximate surface area is 113 Å². The molecule has 0 heterocycles. The second kappa shape index (κ2) is 6.58. The monoisotopic (exact) mass is 253 g/mol. The van der Waals surface area contributed by atoms with Crippen LogP contribution in [0.3, 0.4) is 0 Å². The zero-order chi connectivity index (χ0) is 13.8. The molecule has 0 saturated heterocycles. The van der Waals surface area contributed by atoms with E-state index in [1.165, 1.54) is 19.3 Å². The lowest BCUT2D eigenvalue weighted by Gasteiger charge is -2.29. The molecule has 106 valence electrons. The summed E-state index contributed by atoms with van der Waals surface area (Å²) in [7, 11) is 0. The summed E-state index contributed by atoms with van der Waals surface area (Å²) >= 11 is 0. The molecule has 0 spiro atoms. The van der Waals surface area contributed by atoms with Gasteiger partial charge in [-0.1, -0.05) is 34.6 Å². The third-order valence-corrected chi connectivity index (χ3v) is 3.82. The predicted molar refractivity (Wildman–Crippen MR) is 77.4 cm³/mol. The van der Waals surface area contributed by atoms with Crippen LogP contribution in [0.25, 0.3) is 0 Å². The Morgan fingerprint density at radius 1 is 1.17 bits per heavy atom. The highest BCUT2D eigenvalue weighted by atomic mass is 16.1. The fraction of sp³-hybridized carbons (Fsp3) is 0.938. The first-order valence-corrected chi connectivity index (χ1v) is 7.55. The molecular weight excluding hydrogens is 222 g/mol. The lowest BCUT2D eigenvalue weighted by Crippen LogP contribution is -2.38. The van der Waals surface area contributed by atoms with Crippen LogP contribution < -0.4 is 5.32 Å². The van der Waals surface area contributed by atoms with E-state index in [4.69, 9.17) is 0 Å². The maximum Gasteiger partial charge on any atom is 0.223 e. The minimum absolute atomic E-state index is 0.185. The van der Waals surface area contributed by atoms with Crippen LogP contribution in [0.2, 0.25) is 0 Å². The first kappa shape index (κ1) is 15.5. The Morgan fingerprint density at radius 3 is 2.17 bits per heavy atom. The molecule has 0 bridgehead atoms. The minimum Gasteiger partial charge on any atom is -0.355 e. The Hall–Kier alpha value is -0.530. The van der Waals surface area contributed by atoms with Crippen LogP contribution in [0, 0.1) is 23.2 Å². The van der Waals surface area contributed by atoms with Gasteiger partial charge in [0, 0.05) is 12.5 Å². The molecule has 0 unspecified atom stereocenters. The molecule has 0 aliphatic heterocycles. The number of hydrogen-bond acceptors (Lipinski definition) is 1. The van der Waals surface area contributed by atoms with Crippen LogP contribution in [0.1, 0.15) is 66.7 Å². The van der Waals surface area contributed by atoms with Crippen LogP contribution in [0.15, 0.2) is 0 Å². The second-order valence-corrected chi connectivity index (χ2v) is 7.63. The Kier molecular flexibility index (Phi) is 5.68. The van der Waals surface area contributed by atoms with Gasteiger partial charge in [0.25, 0.3) is 0 Å². The highest BCUT2D eigenvalue weighted by Crippen LogP contribution is 2.32. The van der Waals surface area contributed by atoms with Gasteiger partial charge in [0.1, 0.15) is 0 Å². The van der Waals surface area contributed by atoms with E-state index in [0.29, 0.717) is 0 Å². The molecule has 0 aromatic rings. The summed E-state index contributed by atoms with van der Waals surface area (Å²) in [5.41, 5.74) is 0.185. The second-order valence-electron chi connectivity index (χ2n) is 7.63. The molecule has 1 amide bonds. The fourth-order valence-corrected chi connectivity index (χ4v) is 2.82. The van der Waals surface area contributed by atoms with E-state index in [2.05, 4.69) is 39.9 Å². The number of nitrogens with one attached hydrogen (secondary N) is 1. The highest BCUT2D eigenvalue weighted by Gasteiger charge is 2.27. The molecule has 1 aliphatic rings. The molecule has 0 aromatic carbocycles. The van der Waals surface area contributed by atoms with Crippen LogP contribution in [-0.2, 0) is 4.79 Å². The number of rotatable bonds is 4. The maximum atomic E-state index is 12.1. The van der Waals surface area contributed by atoms with Crippen molar-refractivity contribution in [3.63, 3.8) is 0 Å². The Morgan fingerprint density at radius 2 is 1.72 bits per heavy atom. The van der Waals surface area contributed by atoms with Crippen LogP contribution in [0.4, 0.5) is 0 Å². The van der Waals surface area contributed by atoms with Crippen molar-refractivity contribution in [1.29, 1.82) is 0 Å². The van der Waals surface area contributed by atoms with E-state index in [0.717, 1.165) is 31.2 Å². The van der Waals surface area contributed by atoms with Crippen LogP contribution >= 0.6 is 0 Å². The topological polar surface area (TPSA) is 29.1 Å². The molecule has 0 aromatic heterocycles. The van der Waals surface area contributed by atoms with Gasteiger partial charge in [0.2, 0.25) is 5.91 Å². The minimum atomic E-state index is 0.185. The third kappa shape index (κ3) is 5.88. The fourth-order valence-electron chi connectivity index (χ4n) is 2.82. The van der Waals surface area contributed by atoms with E-state index in [1.807, 2.05) is 0 Å². The van der Waals surface area contributed by atoms with Gasteiger partial charge in [0.05, 0.1) is 0 Å².